The predicted molar refractivity (Wildman–Crippen MR) is 259 cm³/mol. The molecule has 2 amide bonds. The number of hydrogen-bond acceptors (Lipinski definition) is 2. The molecule has 0 fully saturated rings. The van der Waals surface area contributed by atoms with Crippen LogP contribution in [0.15, 0.2) is 109 Å². The molecular formula is C52H66BCl2N2O2Zr. The van der Waals surface area contributed by atoms with Gasteiger partial charge in [0.15, 0.2) is 0 Å². The maximum atomic E-state index is 10.6. The van der Waals surface area contributed by atoms with Crippen LogP contribution in [-0.4, -0.2) is 19.4 Å². The van der Waals surface area contributed by atoms with Crippen molar-refractivity contribution < 1.29 is 30.4 Å². The van der Waals surface area contributed by atoms with Crippen LogP contribution in [0.4, 0.5) is 0 Å². The Balaban J connectivity index is 0.000000247. The van der Waals surface area contributed by atoms with Crippen molar-refractivity contribution >= 4 is 57.9 Å². The minimum absolute atomic E-state index is 0.110. The summed E-state index contributed by atoms with van der Waals surface area (Å²) in [6, 6.07) is 40.8. The molecule has 0 spiro atoms. The number of amides is 2. The number of fused-ring (bicyclic) bond motifs is 2. The molecule has 6 rings (SSSR count). The molecule has 0 aliphatic rings. The predicted octanol–water partition coefficient (Wildman–Crippen LogP) is 15.5. The van der Waals surface area contributed by atoms with E-state index in [1.54, 1.807) is 13.8 Å². The second kappa shape index (κ2) is 26.8. The first-order valence-corrected chi connectivity index (χ1v) is 28.2. The third-order valence-electron chi connectivity index (χ3n) is 11.8. The molecule has 0 aliphatic carbocycles. The van der Waals surface area contributed by atoms with Crippen molar-refractivity contribution in [2.45, 2.75) is 131 Å². The van der Waals surface area contributed by atoms with Gasteiger partial charge in [-0.25, -0.2) is 0 Å². The average Bonchev–Trinajstić information content (AvgIpc) is 3.94. The molecule has 8 heteroatoms. The van der Waals surface area contributed by atoms with Crippen LogP contribution < -0.4 is 10.5 Å². The van der Waals surface area contributed by atoms with Crippen LogP contribution in [0.25, 0.3) is 43.8 Å². The van der Waals surface area contributed by atoms with Gasteiger partial charge in [-0.05, 0) is 58.8 Å². The van der Waals surface area contributed by atoms with Gasteiger partial charge in [0.1, 0.15) is 0 Å². The number of rotatable bonds is 14. The molecule has 2 N–H and O–H groups in total. The van der Waals surface area contributed by atoms with Crippen molar-refractivity contribution in [3.05, 3.63) is 131 Å². The molecule has 0 saturated carbocycles. The van der Waals surface area contributed by atoms with E-state index in [0.29, 0.717) is 36.5 Å². The van der Waals surface area contributed by atoms with Crippen LogP contribution in [0.5, 0.6) is 0 Å². The molecule has 6 aromatic carbocycles. The zero-order chi connectivity index (χ0) is 44.2. The summed E-state index contributed by atoms with van der Waals surface area (Å²) in [4.78, 5) is 21.2. The molecule has 1 radical (unpaired) electrons. The molecule has 0 aliphatic heterocycles. The van der Waals surface area contributed by atoms with Crippen LogP contribution in [0.3, 0.4) is 0 Å². The fourth-order valence-electron chi connectivity index (χ4n) is 7.21. The van der Waals surface area contributed by atoms with Gasteiger partial charge >= 0.3 is 45.4 Å². The summed E-state index contributed by atoms with van der Waals surface area (Å²) in [5.41, 5.74) is 11.4. The van der Waals surface area contributed by atoms with Gasteiger partial charge in [-0.1, -0.05) is 154 Å². The SMILES string of the molecule is CCC(=O)N[B]NC(=O)CC.CCC(C)c1cc2c(-c3ccccc3C(C)CC)cccc2[cH-]1.CCC(C)c1cc2c(-c3ccccc3C(C)CC)cccc2[cH-]1.[Cl][Zr+2][Cl]. The molecule has 4 nitrogen and oxygen atoms in total. The summed E-state index contributed by atoms with van der Waals surface area (Å²) >= 11 is -0.826. The van der Waals surface area contributed by atoms with Crippen LogP contribution in [0.1, 0.15) is 154 Å². The first-order valence-electron chi connectivity index (χ1n) is 21.9. The molecule has 0 heterocycles. The van der Waals surface area contributed by atoms with Gasteiger partial charge in [-0.15, -0.1) is 69.1 Å². The summed E-state index contributed by atoms with van der Waals surface area (Å²) in [7, 11) is 11.1. The van der Waals surface area contributed by atoms with Crippen molar-refractivity contribution in [3.63, 3.8) is 0 Å². The number of carbonyl (C=O) groups is 2. The fraction of sp³-hybridized carbons (Fsp3) is 0.385. The topological polar surface area (TPSA) is 58.2 Å². The third-order valence-corrected chi connectivity index (χ3v) is 11.8. The zero-order valence-electron chi connectivity index (χ0n) is 37.6. The molecule has 6 aromatic rings. The van der Waals surface area contributed by atoms with Crippen molar-refractivity contribution in [1.82, 2.24) is 10.5 Å². The van der Waals surface area contributed by atoms with E-state index in [4.69, 9.17) is 17.0 Å². The quantitative estimate of drug-likeness (QED) is 0.0845. The number of halogens is 2. The van der Waals surface area contributed by atoms with Crippen molar-refractivity contribution in [2.75, 3.05) is 0 Å². The van der Waals surface area contributed by atoms with Gasteiger partial charge in [-0.3, -0.25) is 9.59 Å². The molecule has 4 unspecified atom stereocenters. The summed E-state index contributed by atoms with van der Waals surface area (Å²) in [5.74, 6) is 2.21. The fourth-order valence-corrected chi connectivity index (χ4v) is 7.21. The molecule has 0 saturated heterocycles. The average molecular weight is 924 g/mol. The number of nitrogens with one attached hydrogen (secondary N) is 2. The number of benzene rings is 4. The van der Waals surface area contributed by atoms with Gasteiger partial charge in [0.05, 0.1) is 0 Å². The summed E-state index contributed by atoms with van der Waals surface area (Å²) in [5, 5.41) is 10.4. The molecule has 0 aromatic heterocycles. The Kier molecular flexibility index (Phi) is 22.7. The Hall–Kier alpha value is -3.43. The van der Waals surface area contributed by atoms with Crippen LogP contribution >= 0.6 is 17.0 Å². The van der Waals surface area contributed by atoms with Crippen molar-refractivity contribution in [2.24, 2.45) is 0 Å². The molecule has 60 heavy (non-hydrogen) atoms. The Morgan fingerprint density at radius 1 is 0.533 bits per heavy atom. The van der Waals surface area contributed by atoms with E-state index < -0.39 is 20.8 Å². The van der Waals surface area contributed by atoms with Crippen LogP contribution in [0.2, 0.25) is 0 Å². The van der Waals surface area contributed by atoms with E-state index in [9.17, 15) is 9.59 Å². The van der Waals surface area contributed by atoms with Gasteiger partial charge in [0.2, 0.25) is 11.8 Å². The Morgan fingerprint density at radius 3 is 1.20 bits per heavy atom. The number of hydrogen-bond donors (Lipinski definition) is 2. The molecular weight excluding hydrogens is 858 g/mol. The molecule has 4 atom stereocenters. The Bertz CT molecular complexity index is 2060. The Morgan fingerprint density at radius 2 is 0.867 bits per heavy atom. The molecule has 0 bridgehead atoms. The van der Waals surface area contributed by atoms with Gasteiger partial charge < -0.3 is 10.5 Å². The van der Waals surface area contributed by atoms with E-state index in [-0.39, 0.29) is 11.8 Å². The summed E-state index contributed by atoms with van der Waals surface area (Å²) in [6.07, 6.45) is 5.56. The van der Waals surface area contributed by atoms with Crippen LogP contribution in [0, 0.1) is 0 Å². The van der Waals surface area contributed by atoms with Gasteiger partial charge in [0.25, 0.3) is 0 Å². The number of carbonyl (C=O) groups excluding carboxylic acids is 2. The summed E-state index contributed by atoms with van der Waals surface area (Å²) < 4.78 is 0. The third kappa shape index (κ3) is 14.3. The van der Waals surface area contributed by atoms with E-state index in [1.807, 2.05) is 0 Å². The summed E-state index contributed by atoms with van der Waals surface area (Å²) in [6.45, 7) is 21.8. The monoisotopic (exact) mass is 921 g/mol. The van der Waals surface area contributed by atoms with Crippen molar-refractivity contribution in [1.29, 1.82) is 0 Å². The van der Waals surface area contributed by atoms with Gasteiger partial charge in [-0.2, -0.15) is 12.1 Å². The van der Waals surface area contributed by atoms with Crippen molar-refractivity contribution in [3.8, 4) is 22.3 Å². The minimum atomic E-state index is -0.826. The molecule has 317 valence electrons. The van der Waals surface area contributed by atoms with E-state index in [1.165, 1.54) is 99.3 Å². The second-order valence-electron chi connectivity index (χ2n) is 15.7. The van der Waals surface area contributed by atoms with Crippen LogP contribution in [-0.2, 0) is 30.4 Å². The standard InChI is InChI=1S/2C23H27.C6H12BN2O2.2ClH.Zr/c2*1-5-16(3)19-14-18-10-9-13-22(23(18)15-19)21-12-8-7-11-20(21)17(4)6-2;1-3-5(10)8-7-9-6(11)4-2;;;/h2*7-17H,5-6H2,1-4H3;3-4H2,1-2H3,(H,8,10)(H,9,11);2*1H;/q2*-1;;;;+4/p-2. The first kappa shape index (κ1) is 50.9. The van der Waals surface area contributed by atoms with E-state index in [2.05, 4.69) is 175 Å². The van der Waals surface area contributed by atoms with E-state index >= 15 is 0 Å². The normalized spacial score (nSPS) is 12.5. The Labute approximate surface area is 381 Å². The zero-order valence-corrected chi connectivity index (χ0v) is 41.6. The maximum absolute atomic E-state index is 10.6. The first-order chi connectivity index (χ1) is 28.9. The van der Waals surface area contributed by atoms with E-state index in [0.717, 1.165) is 0 Å². The van der Waals surface area contributed by atoms with Gasteiger partial charge in [0, 0.05) is 12.8 Å². The second-order valence-corrected chi connectivity index (χ2v) is 19.4.